The molecular weight excluding hydrogens is 411 g/mol. The molecule has 1 aliphatic carbocycles. The van der Waals surface area contributed by atoms with Crippen molar-refractivity contribution < 1.29 is 18.7 Å². The van der Waals surface area contributed by atoms with E-state index in [1.54, 1.807) is 19.3 Å². The molecule has 32 heavy (non-hydrogen) atoms. The van der Waals surface area contributed by atoms with Gasteiger partial charge in [-0.2, -0.15) is 9.98 Å². The van der Waals surface area contributed by atoms with Crippen LogP contribution in [0.15, 0.2) is 82.8 Å². The van der Waals surface area contributed by atoms with Crippen molar-refractivity contribution in [3.8, 4) is 5.75 Å². The summed E-state index contributed by atoms with van der Waals surface area (Å²) < 4.78 is 18.3. The van der Waals surface area contributed by atoms with Crippen LogP contribution in [0.2, 0.25) is 0 Å². The Balaban J connectivity index is 1.57. The number of carbonyl (C=O) groups is 2. The van der Waals surface area contributed by atoms with Gasteiger partial charge in [0.05, 0.1) is 18.7 Å². The molecule has 0 saturated carbocycles. The number of ether oxygens (including phenoxy) is 1. The zero-order valence-electron chi connectivity index (χ0n) is 17.4. The average Bonchev–Trinajstić information content (AvgIpc) is 2.80. The van der Waals surface area contributed by atoms with Gasteiger partial charge >= 0.3 is 12.1 Å². The van der Waals surface area contributed by atoms with Gasteiger partial charge in [0.15, 0.2) is 0 Å². The van der Waals surface area contributed by atoms with Gasteiger partial charge in [-0.25, -0.2) is 14.0 Å². The van der Waals surface area contributed by atoms with Gasteiger partial charge in [-0.3, -0.25) is 4.90 Å². The third kappa shape index (κ3) is 4.80. The number of allylic oxidation sites excluding steroid dienone is 3. The Labute approximate surface area is 184 Å². The van der Waals surface area contributed by atoms with E-state index in [9.17, 15) is 14.0 Å². The number of anilines is 1. The maximum absolute atomic E-state index is 13.1. The number of halogens is 1. The third-order valence-corrected chi connectivity index (χ3v) is 5.11. The molecule has 1 atom stereocenters. The maximum atomic E-state index is 13.1. The van der Waals surface area contributed by atoms with Crippen molar-refractivity contribution in [3.63, 3.8) is 0 Å². The van der Waals surface area contributed by atoms with Crippen molar-refractivity contribution in [2.75, 3.05) is 19.0 Å². The lowest BCUT2D eigenvalue weighted by Crippen LogP contribution is -2.47. The number of rotatable bonds is 5. The topological polar surface area (TPSA) is 83.4 Å². The molecule has 1 N–H and O–H groups in total. The molecule has 0 saturated heterocycles. The summed E-state index contributed by atoms with van der Waals surface area (Å²) in [5.74, 6) is 0.231. The van der Waals surface area contributed by atoms with Gasteiger partial charge in [-0.15, -0.1) is 0 Å². The Kier molecular flexibility index (Phi) is 6.21. The van der Waals surface area contributed by atoms with Crippen LogP contribution in [0.25, 0.3) is 0 Å². The molecule has 2 aromatic rings. The number of nitrogens with one attached hydrogen (secondary N) is 1. The quantitative estimate of drug-likeness (QED) is 0.748. The number of amidine groups is 1. The first-order chi connectivity index (χ1) is 15.5. The molecule has 162 valence electrons. The Bertz CT molecular complexity index is 1130. The molecule has 1 unspecified atom stereocenters. The zero-order valence-corrected chi connectivity index (χ0v) is 17.4. The van der Waals surface area contributed by atoms with E-state index in [-0.39, 0.29) is 0 Å². The fourth-order valence-corrected chi connectivity index (χ4v) is 3.46. The number of benzene rings is 2. The fraction of sp³-hybridized carbons (Fsp3) is 0.167. The number of nitrogens with zero attached hydrogens (tertiary/aromatic N) is 3. The van der Waals surface area contributed by atoms with Gasteiger partial charge in [0.1, 0.15) is 17.4 Å². The minimum atomic E-state index is -0.655. The number of hydrogen-bond donors (Lipinski definition) is 1. The van der Waals surface area contributed by atoms with Gasteiger partial charge in [-0.05, 0) is 54.5 Å². The van der Waals surface area contributed by atoms with Crippen molar-refractivity contribution in [3.05, 3.63) is 84.2 Å². The second-order valence-corrected chi connectivity index (χ2v) is 7.20. The normalized spacial score (nSPS) is 18.4. The second kappa shape index (κ2) is 9.38. The predicted octanol–water partition coefficient (Wildman–Crippen LogP) is 4.63. The SMILES string of the molecule is COc1ccc(CCN2C(=O)N=C3C=CC=CC3/C2=N/C(=O)Nc2ccc(F)cc2)cc1. The number of urea groups is 2. The average molecular weight is 432 g/mol. The Morgan fingerprint density at radius 1 is 1.16 bits per heavy atom. The number of methoxy groups -OCH3 is 1. The molecule has 0 spiro atoms. The minimum Gasteiger partial charge on any atom is -0.497 e. The summed E-state index contributed by atoms with van der Waals surface area (Å²) >= 11 is 0. The highest BCUT2D eigenvalue weighted by atomic mass is 19.1. The van der Waals surface area contributed by atoms with Crippen LogP contribution in [-0.2, 0) is 6.42 Å². The number of fused-ring (bicyclic) bond motifs is 1. The fourth-order valence-electron chi connectivity index (χ4n) is 3.46. The van der Waals surface area contributed by atoms with E-state index < -0.39 is 23.8 Å². The molecule has 4 amide bonds. The molecule has 2 aliphatic rings. The number of amides is 4. The van der Waals surface area contributed by atoms with Crippen LogP contribution in [0.4, 0.5) is 19.7 Å². The van der Waals surface area contributed by atoms with Gasteiger partial charge in [0, 0.05) is 12.2 Å². The first-order valence-corrected chi connectivity index (χ1v) is 10.1. The van der Waals surface area contributed by atoms with Crippen LogP contribution >= 0.6 is 0 Å². The molecule has 4 rings (SSSR count). The van der Waals surface area contributed by atoms with Crippen molar-refractivity contribution in [1.82, 2.24) is 4.90 Å². The Morgan fingerprint density at radius 3 is 2.62 bits per heavy atom. The zero-order chi connectivity index (χ0) is 22.5. The van der Waals surface area contributed by atoms with Gasteiger partial charge in [-0.1, -0.05) is 30.4 Å². The van der Waals surface area contributed by atoms with Crippen LogP contribution in [0.1, 0.15) is 5.56 Å². The van der Waals surface area contributed by atoms with Crippen molar-refractivity contribution >= 4 is 29.3 Å². The minimum absolute atomic E-state index is 0.300. The molecule has 8 heteroatoms. The van der Waals surface area contributed by atoms with Crippen LogP contribution in [0.5, 0.6) is 5.75 Å². The summed E-state index contributed by atoms with van der Waals surface area (Å²) in [6, 6.07) is 11.8. The van der Waals surface area contributed by atoms with Gasteiger partial charge < -0.3 is 10.1 Å². The summed E-state index contributed by atoms with van der Waals surface area (Å²) in [7, 11) is 1.60. The highest BCUT2D eigenvalue weighted by molar-refractivity contribution is 6.24. The largest absolute Gasteiger partial charge is 0.497 e. The lowest BCUT2D eigenvalue weighted by molar-refractivity contribution is 0.228. The molecule has 0 fully saturated rings. The predicted molar refractivity (Wildman–Crippen MR) is 121 cm³/mol. The maximum Gasteiger partial charge on any atom is 0.349 e. The summed E-state index contributed by atoms with van der Waals surface area (Å²) in [6.45, 7) is 0.304. The molecule has 0 aromatic heterocycles. The van der Waals surface area contributed by atoms with E-state index in [1.807, 2.05) is 36.4 Å². The lowest BCUT2D eigenvalue weighted by atomic mass is 9.94. The van der Waals surface area contributed by atoms with Crippen molar-refractivity contribution in [2.24, 2.45) is 15.9 Å². The van der Waals surface area contributed by atoms with Gasteiger partial charge in [0.25, 0.3) is 0 Å². The molecule has 7 nitrogen and oxygen atoms in total. The molecular formula is C24H21FN4O3. The summed E-state index contributed by atoms with van der Waals surface area (Å²) in [5, 5.41) is 2.61. The summed E-state index contributed by atoms with van der Waals surface area (Å²) in [4.78, 5) is 35.2. The van der Waals surface area contributed by atoms with Crippen LogP contribution in [0.3, 0.4) is 0 Å². The van der Waals surface area contributed by atoms with Crippen LogP contribution < -0.4 is 10.1 Å². The van der Waals surface area contributed by atoms with E-state index >= 15 is 0 Å². The van der Waals surface area contributed by atoms with E-state index in [2.05, 4.69) is 15.3 Å². The standard InChI is InChI=1S/C24H21FN4O3/c1-32-19-12-6-16(7-13-19)14-15-29-22(20-4-2-3-5-21(20)27-24(29)31)28-23(30)26-18-10-8-17(25)9-11-18/h2-13,20H,14-15H2,1H3,(H,26,30)/b28-22-. The van der Waals surface area contributed by atoms with E-state index in [0.29, 0.717) is 30.2 Å². The van der Waals surface area contributed by atoms with E-state index in [0.717, 1.165) is 11.3 Å². The summed E-state index contributed by atoms with van der Waals surface area (Å²) in [6.07, 6.45) is 7.73. The Morgan fingerprint density at radius 2 is 1.91 bits per heavy atom. The highest BCUT2D eigenvalue weighted by Gasteiger charge is 2.34. The molecule has 1 aliphatic heterocycles. The summed E-state index contributed by atoms with van der Waals surface area (Å²) in [5.41, 5.74) is 1.94. The van der Waals surface area contributed by atoms with E-state index in [4.69, 9.17) is 4.74 Å². The number of aliphatic imine (C=N–C) groups is 2. The van der Waals surface area contributed by atoms with Crippen LogP contribution in [0, 0.1) is 11.7 Å². The molecule has 1 heterocycles. The highest BCUT2D eigenvalue weighted by Crippen LogP contribution is 2.22. The lowest BCUT2D eigenvalue weighted by Gasteiger charge is -2.31. The first kappa shape index (κ1) is 21.2. The van der Waals surface area contributed by atoms with Crippen molar-refractivity contribution in [1.29, 1.82) is 0 Å². The Hall–Kier alpha value is -4.07. The number of carbonyl (C=O) groups excluding carboxylic acids is 2. The third-order valence-electron chi connectivity index (χ3n) is 5.11. The van der Waals surface area contributed by atoms with E-state index in [1.165, 1.54) is 29.2 Å². The van der Waals surface area contributed by atoms with Crippen molar-refractivity contribution in [2.45, 2.75) is 6.42 Å². The van der Waals surface area contributed by atoms with Gasteiger partial charge in [0.2, 0.25) is 0 Å². The first-order valence-electron chi connectivity index (χ1n) is 10.1. The molecule has 0 bridgehead atoms. The monoisotopic (exact) mass is 432 g/mol. The smallest absolute Gasteiger partial charge is 0.349 e. The second-order valence-electron chi connectivity index (χ2n) is 7.20. The van der Waals surface area contributed by atoms with Crippen LogP contribution in [-0.4, -0.2) is 42.2 Å². The molecule has 0 radical (unpaired) electrons. The molecule has 2 aromatic carbocycles. The number of hydrogen-bond acceptors (Lipinski definition) is 3.